The van der Waals surface area contributed by atoms with Crippen molar-refractivity contribution in [1.82, 2.24) is 0 Å². The fourth-order valence-electron chi connectivity index (χ4n) is 1.94. The normalized spacial score (nSPS) is 10.0. The zero-order valence-electron chi connectivity index (χ0n) is 12.2. The Balaban J connectivity index is 1.89. The molecule has 2 aromatic rings. The van der Waals surface area contributed by atoms with E-state index in [2.05, 4.69) is 17.6 Å². The Bertz CT molecular complexity index is 669. The Morgan fingerprint density at radius 3 is 2.50 bits per heavy atom. The SMILES string of the molecule is CCc1ccc(NC(=O)CNc2cccc([N+](=O)[O-])c2)cc1. The molecular formula is C16H17N3O3. The van der Waals surface area contributed by atoms with Crippen LogP contribution in [0.4, 0.5) is 17.1 Å². The molecule has 2 aromatic carbocycles. The van der Waals surface area contributed by atoms with Gasteiger partial charge in [-0.2, -0.15) is 0 Å². The molecular weight excluding hydrogens is 282 g/mol. The minimum Gasteiger partial charge on any atom is -0.376 e. The molecule has 0 aromatic heterocycles. The molecule has 6 nitrogen and oxygen atoms in total. The summed E-state index contributed by atoms with van der Waals surface area (Å²) >= 11 is 0. The van der Waals surface area contributed by atoms with E-state index in [4.69, 9.17) is 0 Å². The van der Waals surface area contributed by atoms with Gasteiger partial charge in [0.25, 0.3) is 5.69 Å². The molecule has 0 atom stereocenters. The summed E-state index contributed by atoms with van der Waals surface area (Å²) in [6, 6.07) is 13.7. The number of rotatable bonds is 6. The lowest BCUT2D eigenvalue weighted by Crippen LogP contribution is -2.21. The predicted octanol–water partition coefficient (Wildman–Crippen LogP) is 3.21. The van der Waals surface area contributed by atoms with Crippen LogP contribution in [0.25, 0.3) is 0 Å². The number of hydrogen-bond donors (Lipinski definition) is 2. The Morgan fingerprint density at radius 1 is 1.14 bits per heavy atom. The summed E-state index contributed by atoms with van der Waals surface area (Å²) in [7, 11) is 0. The van der Waals surface area contributed by atoms with Gasteiger partial charge in [-0.15, -0.1) is 0 Å². The standard InChI is InChI=1S/C16H17N3O3/c1-2-12-6-8-13(9-7-12)18-16(20)11-17-14-4-3-5-15(10-14)19(21)22/h3-10,17H,2,11H2,1H3,(H,18,20). The van der Waals surface area contributed by atoms with E-state index in [0.29, 0.717) is 5.69 Å². The fraction of sp³-hybridized carbons (Fsp3) is 0.188. The number of non-ortho nitro benzene ring substituents is 1. The number of nitrogens with one attached hydrogen (secondary N) is 2. The van der Waals surface area contributed by atoms with Crippen molar-refractivity contribution < 1.29 is 9.72 Å². The average Bonchev–Trinajstić information content (AvgIpc) is 2.54. The Hall–Kier alpha value is -2.89. The van der Waals surface area contributed by atoms with Gasteiger partial charge in [-0.1, -0.05) is 25.1 Å². The maximum absolute atomic E-state index is 11.9. The number of nitro benzene ring substituents is 1. The van der Waals surface area contributed by atoms with Gasteiger partial charge in [-0.3, -0.25) is 14.9 Å². The van der Waals surface area contributed by atoms with E-state index in [1.54, 1.807) is 12.1 Å². The van der Waals surface area contributed by atoms with Crippen LogP contribution in [0, 0.1) is 10.1 Å². The molecule has 0 saturated carbocycles. The highest BCUT2D eigenvalue weighted by Gasteiger charge is 2.07. The van der Waals surface area contributed by atoms with Crippen LogP contribution in [0.3, 0.4) is 0 Å². The van der Waals surface area contributed by atoms with Crippen LogP contribution in [-0.4, -0.2) is 17.4 Å². The van der Waals surface area contributed by atoms with Gasteiger partial charge in [0.2, 0.25) is 5.91 Å². The lowest BCUT2D eigenvalue weighted by molar-refractivity contribution is -0.384. The van der Waals surface area contributed by atoms with Crippen molar-refractivity contribution in [3.63, 3.8) is 0 Å². The molecule has 0 saturated heterocycles. The number of carbonyl (C=O) groups excluding carboxylic acids is 1. The number of nitro groups is 1. The van der Waals surface area contributed by atoms with Gasteiger partial charge < -0.3 is 10.6 Å². The Labute approximate surface area is 128 Å². The number of benzene rings is 2. The van der Waals surface area contributed by atoms with E-state index < -0.39 is 4.92 Å². The highest BCUT2D eigenvalue weighted by atomic mass is 16.6. The number of anilines is 2. The largest absolute Gasteiger partial charge is 0.376 e. The van der Waals surface area contributed by atoms with Crippen molar-refractivity contribution in [2.75, 3.05) is 17.2 Å². The summed E-state index contributed by atoms with van der Waals surface area (Å²) in [4.78, 5) is 22.1. The molecule has 114 valence electrons. The lowest BCUT2D eigenvalue weighted by Gasteiger charge is -2.08. The van der Waals surface area contributed by atoms with Crippen molar-refractivity contribution >= 4 is 23.0 Å². The monoisotopic (exact) mass is 299 g/mol. The van der Waals surface area contributed by atoms with Gasteiger partial charge in [0.05, 0.1) is 11.5 Å². The van der Waals surface area contributed by atoms with Gasteiger partial charge in [0.1, 0.15) is 0 Å². The van der Waals surface area contributed by atoms with Crippen LogP contribution in [0.5, 0.6) is 0 Å². The maximum atomic E-state index is 11.9. The zero-order chi connectivity index (χ0) is 15.9. The van der Waals surface area contributed by atoms with E-state index in [1.165, 1.54) is 17.7 Å². The third kappa shape index (κ3) is 4.31. The molecule has 0 bridgehead atoms. The highest BCUT2D eigenvalue weighted by Crippen LogP contribution is 2.16. The fourth-order valence-corrected chi connectivity index (χ4v) is 1.94. The van der Waals surface area contributed by atoms with Gasteiger partial charge >= 0.3 is 0 Å². The van der Waals surface area contributed by atoms with Crippen LogP contribution in [-0.2, 0) is 11.2 Å². The summed E-state index contributed by atoms with van der Waals surface area (Å²) < 4.78 is 0. The number of hydrogen-bond acceptors (Lipinski definition) is 4. The second-order valence-electron chi connectivity index (χ2n) is 4.76. The number of nitrogens with zero attached hydrogens (tertiary/aromatic N) is 1. The van der Waals surface area contributed by atoms with E-state index in [1.807, 2.05) is 24.3 Å². The summed E-state index contributed by atoms with van der Waals surface area (Å²) in [6.07, 6.45) is 0.947. The zero-order valence-corrected chi connectivity index (χ0v) is 12.2. The van der Waals surface area contributed by atoms with Crippen molar-refractivity contribution in [3.8, 4) is 0 Å². The van der Waals surface area contributed by atoms with Crippen molar-refractivity contribution in [1.29, 1.82) is 0 Å². The summed E-state index contributed by atoms with van der Waals surface area (Å²) in [5, 5.41) is 16.3. The first-order chi connectivity index (χ1) is 10.6. The van der Waals surface area contributed by atoms with Crippen molar-refractivity contribution in [3.05, 3.63) is 64.2 Å². The molecule has 0 aliphatic rings. The number of aryl methyl sites for hydroxylation is 1. The smallest absolute Gasteiger partial charge is 0.271 e. The highest BCUT2D eigenvalue weighted by molar-refractivity contribution is 5.93. The van der Waals surface area contributed by atoms with Crippen LogP contribution in [0.1, 0.15) is 12.5 Å². The lowest BCUT2D eigenvalue weighted by atomic mass is 10.1. The van der Waals surface area contributed by atoms with Gasteiger partial charge in [-0.25, -0.2) is 0 Å². The molecule has 0 spiro atoms. The van der Waals surface area contributed by atoms with Crippen molar-refractivity contribution in [2.24, 2.45) is 0 Å². The molecule has 0 radical (unpaired) electrons. The Morgan fingerprint density at radius 2 is 1.86 bits per heavy atom. The predicted molar refractivity (Wildman–Crippen MR) is 86.0 cm³/mol. The summed E-state index contributed by atoms with van der Waals surface area (Å²) in [5.41, 5.74) is 2.45. The first-order valence-corrected chi connectivity index (χ1v) is 6.95. The first-order valence-electron chi connectivity index (χ1n) is 6.95. The average molecular weight is 299 g/mol. The molecule has 22 heavy (non-hydrogen) atoms. The third-order valence-electron chi connectivity index (χ3n) is 3.16. The third-order valence-corrected chi connectivity index (χ3v) is 3.16. The summed E-state index contributed by atoms with van der Waals surface area (Å²) in [6.45, 7) is 2.10. The van der Waals surface area contributed by atoms with Crippen LogP contribution in [0.2, 0.25) is 0 Å². The van der Waals surface area contributed by atoms with Crippen LogP contribution < -0.4 is 10.6 Å². The Kier molecular flexibility index (Phi) is 5.08. The second-order valence-corrected chi connectivity index (χ2v) is 4.76. The van der Waals surface area contributed by atoms with Gasteiger partial charge in [0.15, 0.2) is 0 Å². The minimum absolute atomic E-state index is 0.0134. The van der Waals surface area contributed by atoms with Gasteiger partial charge in [-0.05, 0) is 30.2 Å². The molecule has 2 N–H and O–H groups in total. The quantitative estimate of drug-likeness (QED) is 0.633. The van der Waals surface area contributed by atoms with E-state index in [-0.39, 0.29) is 18.1 Å². The maximum Gasteiger partial charge on any atom is 0.271 e. The van der Waals surface area contributed by atoms with E-state index >= 15 is 0 Å². The molecule has 0 aliphatic carbocycles. The number of carbonyl (C=O) groups is 1. The molecule has 1 amide bonds. The van der Waals surface area contributed by atoms with Crippen LogP contribution in [0.15, 0.2) is 48.5 Å². The number of amides is 1. The van der Waals surface area contributed by atoms with E-state index in [0.717, 1.165) is 12.1 Å². The topological polar surface area (TPSA) is 84.3 Å². The summed E-state index contributed by atoms with van der Waals surface area (Å²) in [5.74, 6) is -0.212. The molecule has 0 unspecified atom stereocenters. The second kappa shape index (κ2) is 7.21. The van der Waals surface area contributed by atoms with E-state index in [9.17, 15) is 14.9 Å². The minimum atomic E-state index is -0.472. The molecule has 0 aliphatic heterocycles. The van der Waals surface area contributed by atoms with Crippen molar-refractivity contribution in [2.45, 2.75) is 13.3 Å². The molecule has 0 heterocycles. The first kappa shape index (κ1) is 15.5. The van der Waals surface area contributed by atoms with Crippen LogP contribution >= 0.6 is 0 Å². The molecule has 2 rings (SSSR count). The molecule has 0 fully saturated rings. The molecule has 6 heteroatoms. The van der Waals surface area contributed by atoms with Gasteiger partial charge in [0, 0.05) is 23.5 Å².